The van der Waals surface area contributed by atoms with Crippen molar-refractivity contribution in [3.8, 4) is 22.8 Å². The van der Waals surface area contributed by atoms with Gasteiger partial charge in [0, 0.05) is 19.7 Å². The second-order valence-corrected chi connectivity index (χ2v) is 9.98. The van der Waals surface area contributed by atoms with Crippen molar-refractivity contribution in [1.82, 2.24) is 13.7 Å². The molecule has 5 rings (SSSR count). The molecular weight excluding hydrogens is 458 g/mol. The second kappa shape index (κ2) is 8.41. The molecule has 1 atom stereocenters. The van der Waals surface area contributed by atoms with Gasteiger partial charge in [-0.1, -0.05) is 29.8 Å². The SMILES string of the molecule is COc1ccc(OC)c([C@H]2OCC(C)(C)n3c(-c4ccc(C)cc4)c4c(=O)n(C)c(=O)n(C)c4c32)c1. The quantitative estimate of drug-likeness (QED) is 0.435. The first-order chi connectivity index (χ1) is 17.1. The van der Waals surface area contributed by atoms with Crippen LogP contribution in [-0.4, -0.2) is 34.5 Å². The van der Waals surface area contributed by atoms with Gasteiger partial charge >= 0.3 is 5.69 Å². The van der Waals surface area contributed by atoms with Gasteiger partial charge in [0.1, 0.15) is 17.6 Å². The molecule has 0 radical (unpaired) electrons. The monoisotopic (exact) mass is 489 g/mol. The van der Waals surface area contributed by atoms with Crippen LogP contribution in [0.4, 0.5) is 0 Å². The van der Waals surface area contributed by atoms with Crippen LogP contribution in [0.2, 0.25) is 0 Å². The Bertz CT molecular complexity index is 1610. The van der Waals surface area contributed by atoms with E-state index in [1.54, 1.807) is 25.8 Å². The third-order valence-corrected chi connectivity index (χ3v) is 7.11. The normalized spacial score (nSPS) is 16.7. The molecule has 36 heavy (non-hydrogen) atoms. The minimum absolute atomic E-state index is 0.335. The van der Waals surface area contributed by atoms with Crippen molar-refractivity contribution in [3.05, 3.63) is 80.1 Å². The molecule has 2 aromatic heterocycles. The van der Waals surface area contributed by atoms with Crippen LogP contribution in [0.5, 0.6) is 11.5 Å². The molecule has 3 heterocycles. The van der Waals surface area contributed by atoms with Crippen molar-refractivity contribution in [2.45, 2.75) is 32.4 Å². The van der Waals surface area contributed by atoms with Gasteiger partial charge in [-0.05, 0) is 44.5 Å². The highest BCUT2D eigenvalue weighted by Gasteiger charge is 2.41. The average Bonchev–Trinajstić information content (AvgIpc) is 3.24. The zero-order valence-corrected chi connectivity index (χ0v) is 21.7. The first-order valence-electron chi connectivity index (χ1n) is 11.9. The van der Waals surface area contributed by atoms with Crippen molar-refractivity contribution in [2.24, 2.45) is 14.1 Å². The molecule has 8 nitrogen and oxygen atoms in total. The topological polar surface area (TPSA) is 76.6 Å². The molecule has 0 bridgehead atoms. The van der Waals surface area contributed by atoms with Gasteiger partial charge in [0.05, 0.1) is 48.7 Å². The summed E-state index contributed by atoms with van der Waals surface area (Å²) in [6, 6.07) is 13.7. The summed E-state index contributed by atoms with van der Waals surface area (Å²) in [6.45, 7) is 6.57. The Morgan fingerprint density at radius 1 is 0.972 bits per heavy atom. The van der Waals surface area contributed by atoms with Crippen LogP contribution >= 0.6 is 0 Å². The van der Waals surface area contributed by atoms with Crippen molar-refractivity contribution in [2.75, 3.05) is 20.8 Å². The number of aryl methyl sites for hydroxylation is 2. The Hall–Kier alpha value is -3.78. The van der Waals surface area contributed by atoms with E-state index in [0.29, 0.717) is 29.0 Å². The molecule has 188 valence electrons. The standard InChI is InChI=1S/C28H31N3O5/c1-16-8-10-17(11-9-16)22-21-23(29(4)27(33)30(5)26(21)32)24-25(36-15-28(2,3)31(22)24)19-14-18(34-6)12-13-20(19)35-7/h8-14,25H,15H2,1-7H3/t25-/m1/s1. The molecule has 0 amide bonds. The Balaban J connectivity index is 2.00. The van der Waals surface area contributed by atoms with Gasteiger partial charge in [-0.15, -0.1) is 0 Å². The van der Waals surface area contributed by atoms with Crippen molar-refractivity contribution in [1.29, 1.82) is 0 Å². The number of aromatic nitrogens is 3. The summed E-state index contributed by atoms with van der Waals surface area (Å²) in [5, 5.41) is 0.490. The van der Waals surface area contributed by atoms with Crippen LogP contribution in [0.1, 0.15) is 36.8 Å². The predicted octanol–water partition coefficient (Wildman–Crippen LogP) is 3.89. The van der Waals surface area contributed by atoms with E-state index in [-0.39, 0.29) is 5.56 Å². The Labute approximate surface area is 209 Å². The largest absolute Gasteiger partial charge is 0.497 e. The highest BCUT2D eigenvalue weighted by molar-refractivity contribution is 5.97. The van der Waals surface area contributed by atoms with Gasteiger partial charge in [0.15, 0.2) is 0 Å². The summed E-state index contributed by atoms with van der Waals surface area (Å²) < 4.78 is 22.6. The van der Waals surface area contributed by atoms with Crippen LogP contribution < -0.4 is 20.7 Å². The highest BCUT2D eigenvalue weighted by Crippen LogP contribution is 2.47. The smallest absolute Gasteiger partial charge is 0.331 e. The van der Waals surface area contributed by atoms with E-state index in [0.717, 1.165) is 28.1 Å². The van der Waals surface area contributed by atoms with Crippen molar-refractivity contribution in [3.63, 3.8) is 0 Å². The number of ether oxygens (including phenoxy) is 3. The summed E-state index contributed by atoms with van der Waals surface area (Å²) >= 11 is 0. The van der Waals surface area contributed by atoms with Gasteiger partial charge in [-0.2, -0.15) is 0 Å². The molecule has 0 aliphatic carbocycles. The number of fused-ring (bicyclic) bond motifs is 3. The Morgan fingerprint density at radius 3 is 2.31 bits per heavy atom. The van der Waals surface area contributed by atoms with E-state index in [4.69, 9.17) is 14.2 Å². The van der Waals surface area contributed by atoms with E-state index >= 15 is 0 Å². The number of rotatable bonds is 4. The number of methoxy groups -OCH3 is 2. The number of hydrogen-bond donors (Lipinski definition) is 0. The van der Waals surface area contributed by atoms with Crippen LogP contribution in [0.15, 0.2) is 52.1 Å². The molecule has 0 spiro atoms. The summed E-state index contributed by atoms with van der Waals surface area (Å²) in [4.78, 5) is 26.8. The lowest BCUT2D eigenvalue weighted by Crippen LogP contribution is -2.40. The van der Waals surface area contributed by atoms with Crippen molar-refractivity contribution >= 4 is 10.9 Å². The minimum atomic E-state index is -0.595. The molecule has 0 fully saturated rings. The summed E-state index contributed by atoms with van der Waals surface area (Å²) in [6.07, 6.45) is -0.595. The second-order valence-electron chi connectivity index (χ2n) is 9.98. The summed E-state index contributed by atoms with van der Waals surface area (Å²) in [5.74, 6) is 1.29. The fourth-order valence-electron chi connectivity index (χ4n) is 5.26. The van der Waals surface area contributed by atoms with Gasteiger partial charge in [0.25, 0.3) is 5.56 Å². The van der Waals surface area contributed by atoms with Crippen LogP contribution in [0, 0.1) is 6.92 Å². The Morgan fingerprint density at radius 2 is 1.67 bits per heavy atom. The molecule has 4 aromatic rings. The minimum Gasteiger partial charge on any atom is -0.497 e. The van der Waals surface area contributed by atoms with Gasteiger partial charge in [-0.3, -0.25) is 13.9 Å². The number of benzene rings is 2. The molecule has 0 saturated carbocycles. The third-order valence-electron chi connectivity index (χ3n) is 7.11. The average molecular weight is 490 g/mol. The lowest BCUT2D eigenvalue weighted by Gasteiger charge is -2.39. The van der Waals surface area contributed by atoms with E-state index in [2.05, 4.69) is 18.4 Å². The van der Waals surface area contributed by atoms with E-state index in [9.17, 15) is 9.59 Å². The maximum atomic E-state index is 13.7. The van der Waals surface area contributed by atoms with E-state index in [1.807, 2.05) is 49.4 Å². The first kappa shape index (κ1) is 23.9. The molecular formula is C28H31N3O5. The molecule has 8 heteroatoms. The molecule has 0 N–H and O–H groups in total. The maximum Gasteiger partial charge on any atom is 0.331 e. The molecule has 1 aliphatic rings. The molecule has 0 saturated heterocycles. The lowest BCUT2D eigenvalue weighted by molar-refractivity contribution is -0.00807. The van der Waals surface area contributed by atoms with Gasteiger partial charge in [0.2, 0.25) is 0 Å². The highest BCUT2D eigenvalue weighted by atomic mass is 16.5. The van der Waals surface area contributed by atoms with Crippen LogP contribution in [-0.2, 0) is 24.4 Å². The van der Waals surface area contributed by atoms with Crippen molar-refractivity contribution < 1.29 is 14.2 Å². The molecule has 1 aliphatic heterocycles. The molecule has 2 aromatic carbocycles. The van der Waals surface area contributed by atoms with Crippen LogP contribution in [0.25, 0.3) is 22.2 Å². The van der Waals surface area contributed by atoms with E-state index in [1.165, 1.54) is 11.6 Å². The zero-order chi connectivity index (χ0) is 25.9. The van der Waals surface area contributed by atoms with E-state index < -0.39 is 17.3 Å². The summed E-state index contributed by atoms with van der Waals surface area (Å²) in [5.41, 5.74) is 3.62. The summed E-state index contributed by atoms with van der Waals surface area (Å²) in [7, 11) is 6.44. The fraction of sp³-hybridized carbons (Fsp3) is 0.357. The first-order valence-corrected chi connectivity index (χ1v) is 11.9. The van der Waals surface area contributed by atoms with Crippen LogP contribution in [0.3, 0.4) is 0 Å². The molecule has 0 unspecified atom stereocenters. The lowest BCUT2D eigenvalue weighted by atomic mass is 9.97. The fourth-order valence-corrected chi connectivity index (χ4v) is 5.26. The van der Waals surface area contributed by atoms with Gasteiger partial charge in [-0.25, -0.2) is 4.79 Å². The third kappa shape index (κ3) is 3.39. The number of hydrogen-bond acceptors (Lipinski definition) is 5. The number of nitrogens with zero attached hydrogens (tertiary/aromatic N) is 3. The maximum absolute atomic E-state index is 13.7. The Kier molecular flexibility index (Phi) is 5.59. The van der Waals surface area contributed by atoms with Gasteiger partial charge < -0.3 is 18.8 Å². The predicted molar refractivity (Wildman–Crippen MR) is 139 cm³/mol. The zero-order valence-electron chi connectivity index (χ0n) is 21.7.